The van der Waals surface area contributed by atoms with Gasteiger partial charge in [0.25, 0.3) is 0 Å². The van der Waals surface area contributed by atoms with E-state index >= 15 is 0 Å². The van der Waals surface area contributed by atoms with E-state index in [2.05, 4.69) is 4.98 Å². The minimum absolute atomic E-state index is 0.0257. The number of ketones is 1. The van der Waals surface area contributed by atoms with Gasteiger partial charge in [0.2, 0.25) is 0 Å². The number of rotatable bonds is 3. The number of aromatic amines is 1. The number of carbonyl (C=O) groups excluding carboxylic acids is 1. The number of fused-ring (bicyclic) bond motifs is 1. The second-order valence-corrected chi connectivity index (χ2v) is 4.21. The molecule has 0 spiro atoms. The van der Waals surface area contributed by atoms with Gasteiger partial charge in [-0.05, 0) is 18.6 Å². The lowest BCUT2D eigenvalue weighted by atomic mass is 9.91. The van der Waals surface area contributed by atoms with Gasteiger partial charge in [-0.1, -0.05) is 25.1 Å². The fraction of sp³-hybridized carbons (Fsp3) is 0.308. The Hall–Kier alpha value is -1.61. The van der Waals surface area contributed by atoms with Crippen molar-refractivity contribution in [2.45, 2.75) is 25.8 Å². The topological polar surface area (TPSA) is 58.9 Å². The van der Waals surface area contributed by atoms with Gasteiger partial charge in [-0.2, -0.15) is 0 Å². The first-order valence-electron chi connectivity index (χ1n) is 5.43. The molecule has 0 unspecified atom stereocenters. The van der Waals surface area contributed by atoms with Crippen LogP contribution in [0.4, 0.5) is 0 Å². The third-order valence-electron chi connectivity index (χ3n) is 3.12. The number of para-hydroxylation sites is 1. The predicted molar refractivity (Wildman–Crippen MR) is 65.4 cm³/mol. The van der Waals surface area contributed by atoms with E-state index in [0.29, 0.717) is 0 Å². The Bertz CT molecular complexity index is 515. The molecule has 2 atom stereocenters. The van der Waals surface area contributed by atoms with Crippen LogP contribution in [0.3, 0.4) is 0 Å². The number of benzene rings is 1. The summed E-state index contributed by atoms with van der Waals surface area (Å²) in [4.78, 5) is 14.5. The van der Waals surface area contributed by atoms with Crippen molar-refractivity contribution < 1.29 is 4.79 Å². The molecular formula is C13H16N2O. The van der Waals surface area contributed by atoms with Gasteiger partial charge in [0.1, 0.15) is 5.78 Å². The molecule has 0 fully saturated rings. The van der Waals surface area contributed by atoms with Crippen LogP contribution in [0.1, 0.15) is 25.3 Å². The Morgan fingerprint density at radius 2 is 2.06 bits per heavy atom. The highest BCUT2D eigenvalue weighted by atomic mass is 16.1. The van der Waals surface area contributed by atoms with Crippen molar-refractivity contribution in [2.24, 2.45) is 5.73 Å². The van der Waals surface area contributed by atoms with Crippen molar-refractivity contribution in [1.29, 1.82) is 0 Å². The van der Waals surface area contributed by atoms with Crippen molar-refractivity contribution in [1.82, 2.24) is 4.98 Å². The van der Waals surface area contributed by atoms with E-state index < -0.39 is 6.04 Å². The van der Waals surface area contributed by atoms with Crippen molar-refractivity contribution >= 4 is 16.7 Å². The summed E-state index contributed by atoms with van der Waals surface area (Å²) in [6, 6.07) is 7.61. The van der Waals surface area contributed by atoms with Gasteiger partial charge in [0.05, 0.1) is 6.04 Å². The van der Waals surface area contributed by atoms with Crippen LogP contribution >= 0.6 is 0 Å². The number of aromatic nitrogens is 1. The molecule has 0 aliphatic carbocycles. The molecule has 0 amide bonds. The molecule has 0 radical (unpaired) electrons. The standard InChI is InChI=1S/C13H16N2O/c1-8(13(14)9(2)16)11-7-15-12-6-4-3-5-10(11)12/h3-8,13,15H,14H2,1-2H3/t8-,13-/m0/s1. The summed E-state index contributed by atoms with van der Waals surface area (Å²) in [5.41, 5.74) is 8.07. The Balaban J connectivity index is 2.44. The molecule has 0 aliphatic rings. The minimum atomic E-state index is -0.431. The van der Waals surface area contributed by atoms with Gasteiger partial charge in [0.15, 0.2) is 0 Å². The molecule has 84 valence electrons. The van der Waals surface area contributed by atoms with E-state index in [1.807, 2.05) is 37.4 Å². The number of Topliss-reactive ketones (excluding diaryl/α,β-unsaturated/α-hetero) is 1. The molecule has 0 bridgehead atoms. The summed E-state index contributed by atoms with van der Waals surface area (Å²) in [6.45, 7) is 3.53. The number of H-pyrrole nitrogens is 1. The fourth-order valence-corrected chi connectivity index (χ4v) is 2.02. The number of nitrogens with one attached hydrogen (secondary N) is 1. The lowest BCUT2D eigenvalue weighted by molar-refractivity contribution is -0.118. The van der Waals surface area contributed by atoms with Gasteiger partial charge in [-0.3, -0.25) is 4.79 Å². The van der Waals surface area contributed by atoms with Gasteiger partial charge in [0, 0.05) is 23.0 Å². The molecule has 3 N–H and O–H groups in total. The van der Waals surface area contributed by atoms with Gasteiger partial charge >= 0.3 is 0 Å². The van der Waals surface area contributed by atoms with E-state index in [9.17, 15) is 4.79 Å². The van der Waals surface area contributed by atoms with Crippen LogP contribution in [-0.2, 0) is 4.79 Å². The first-order valence-corrected chi connectivity index (χ1v) is 5.43. The van der Waals surface area contributed by atoms with Gasteiger partial charge in [-0.25, -0.2) is 0 Å². The second kappa shape index (κ2) is 4.10. The highest BCUT2D eigenvalue weighted by Gasteiger charge is 2.21. The number of hydrogen-bond acceptors (Lipinski definition) is 2. The summed E-state index contributed by atoms with van der Waals surface area (Å²) in [5.74, 6) is 0.0615. The zero-order chi connectivity index (χ0) is 11.7. The summed E-state index contributed by atoms with van der Waals surface area (Å²) >= 11 is 0. The highest BCUT2D eigenvalue weighted by molar-refractivity contribution is 5.87. The number of hydrogen-bond donors (Lipinski definition) is 2. The molecule has 0 saturated carbocycles. The summed E-state index contributed by atoms with van der Waals surface area (Å²) in [6.07, 6.45) is 1.94. The average Bonchev–Trinajstić information content (AvgIpc) is 2.70. The second-order valence-electron chi connectivity index (χ2n) is 4.21. The van der Waals surface area contributed by atoms with Crippen LogP contribution in [0.25, 0.3) is 10.9 Å². The van der Waals surface area contributed by atoms with Crippen LogP contribution in [-0.4, -0.2) is 16.8 Å². The molecule has 2 aromatic rings. The van der Waals surface area contributed by atoms with E-state index in [1.165, 1.54) is 6.92 Å². The maximum atomic E-state index is 11.3. The zero-order valence-corrected chi connectivity index (χ0v) is 9.53. The van der Waals surface area contributed by atoms with Crippen molar-refractivity contribution in [3.63, 3.8) is 0 Å². The third-order valence-corrected chi connectivity index (χ3v) is 3.12. The molecule has 1 aromatic carbocycles. The molecule has 2 rings (SSSR count). The maximum absolute atomic E-state index is 11.3. The molecule has 16 heavy (non-hydrogen) atoms. The molecule has 3 nitrogen and oxygen atoms in total. The Labute approximate surface area is 94.6 Å². The lowest BCUT2D eigenvalue weighted by Crippen LogP contribution is -2.33. The monoisotopic (exact) mass is 216 g/mol. The normalized spacial score (nSPS) is 14.9. The van der Waals surface area contributed by atoms with Gasteiger partial charge in [-0.15, -0.1) is 0 Å². The van der Waals surface area contributed by atoms with Crippen LogP contribution in [0.2, 0.25) is 0 Å². The molecule has 1 heterocycles. The Morgan fingerprint density at radius 1 is 1.38 bits per heavy atom. The minimum Gasteiger partial charge on any atom is -0.361 e. The number of nitrogens with two attached hydrogens (primary N) is 1. The molecule has 1 aromatic heterocycles. The zero-order valence-electron chi connectivity index (χ0n) is 9.53. The van der Waals surface area contributed by atoms with E-state index in [4.69, 9.17) is 5.73 Å². The average molecular weight is 216 g/mol. The van der Waals surface area contributed by atoms with Gasteiger partial charge < -0.3 is 10.7 Å². The van der Waals surface area contributed by atoms with E-state index in [1.54, 1.807) is 0 Å². The third kappa shape index (κ3) is 1.74. The Kier molecular flexibility index (Phi) is 2.79. The molecule has 0 aliphatic heterocycles. The van der Waals surface area contributed by atoms with Crippen molar-refractivity contribution in [3.8, 4) is 0 Å². The largest absolute Gasteiger partial charge is 0.361 e. The first kappa shape index (κ1) is 10.9. The molecule has 0 saturated heterocycles. The summed E-state index contributed by atoms with van der Waals surface area (Å²) in [5, 5.41) is 1.15. The van der Waals surface area contributed by atoms with Crippen molar-refractivity contribution in [3.05, 3.63) is 36.0 Å². The lowest BCUT2D eigenvalue weighted by Gasteiger charge is -2.16. The highest BCUT2D eigenvalue weighted by Crippen LogP contribution is 2.27. The summed E-state index contributed by atoms with van der Waals surface area (Å²) in [7, 11) is 0. The van der Waals surface area contributed by atoms with Crippen LogP contribution in [0, 0.1) is 0 Å². The smallest absolute Gasteiger partial charge is 0.147 e. The van der Waals surface area contributed by atoms with Crippen LogP contribution in [0.5, 0.6) is 0 Å². The van der Waals surface area contributed by atoms with Crippen molar-refractivity contribution in [2.75, 3.05) is 0 Å². The van der Waals surface area contributed by atoms with Crippen LogP contribution in [0.15, 0.2) is 30.5 Å². The van der Waals surface area contributed by atoms with E-state index in [-0.39, 0.29) is 11.7 Å². The Morgan fingerprint density at radius 3 is 2.75 bits per heavy atom. The molecule has 3 heteroatoms. The maximum Gasteiger partial charge on any atom is 0.147 e. The molecular weight excluding hydrogens is 200 g/mol. The van der Waals surface area contributed by atoms with Crippen LogP contribution < -0.4 is 5.73 Å². The predicted octanol–water partition coefficient (Wildman–Crippen LogP) is 2.19. The first-order chi connectivity index (χ1) is 7.61. The quantitative estimate of drug-likeness (QED) is 0.826. The fourth-order valence-electron chi connectivity index (χ4n) is 2.02. The van der Waals surface area contributed by atoms with E-state index in [0.717, 1.165) is 16.5 Å². The SMILES string of the molecule is CC(=O)[C@@H](N)[C@@H](C)c1c[nH]c2ccccc12. The summed E-state index contributed by atoms with van der Waals surface area (Å²) < 4.78 is 0. The number of carbonyl (C=O) groups is 1.